The molecule has 0 saturated heterocycles. The van der Waals surface area contributed by atoms with Gasteiger partial charge in [-0.05, 0) is 19.3 Å². The lowest BCUT2D eigenvalue weighted by molar-refractivity contribution is 0.0886. The van der Waals surface area contributed by atoms with E-state index in [2.05, 4.69) is 4.98 Å². The molecule has 2 rings (SSSR count). The van der Waals surface area contributed by atoms with Crippen molar-refractivity contribution in [3.63, 3.8) is 0 Å². The zero-order chi connectivity index (χ0) is 12.5. The number of sulfone groups is 1. The summed E-state index contributed by atoms with van der Waals surface area (Å²) in [6.07, 6.45) is 3.98. The van der Waals surface area contributed by atoms with Crippen molar-refractivity contribution in [2.75, 3.05) is 6.26 Å². The van der Waals surface area contributed by atoms with Crippen molar-refractivity contribution in [2.24, 2.45) is 5.92 Å². The van der Waals surface area contributed by atoms with Gasteiger partial charge in [0.1, 0.15) is 15.5 Å². The molecule has 0 N–H and O–H groups in total. The molecule has 0 bridgehead atoms. The van der Waals surface area contributed by atoms with Crippen LogP contribution in [0.4, 0.5) is 0 Å². The molecule has 17 heavy (non-hydrogen) atoms. The molecule has 1 aliphatic rings. The van der Waals surface area contributed by atoms with Gasteiger partial charge in [0.15, 0.2) is 5.78 Å². The Labute approximate surface area is 105 Å². The summed E-state index contributed by atoms with van der Waals surface area (Å²) in [5.41, 5.74) is 2.11. The smallest absolute Gasteiger partial charge is 0.185 e. The lowest BCUT2D eigenvalue weighted by atomic mass is 9.85. The number of carbonyl (C=O) groups excluding carboxylic acids is 1. The number of ketones is 1. The molecule has 2 atom stereocenters. The van der Waals surface area contributed by atoms with E-state index in [0.717, 1.165) is 12.8 Å². The summed E-state index contributed by atoms with van der Waals surface area (Å²) < 4.78 is 23.0. The Morgan fingerprint density at radius 3 is 2.82 bits per heavy atom. The Hall–Kier alpha value is -0.750. The zero-order valence-electron chi connectivity index (χ0n) is 9.63. The minimum absolute atomic E-state index is 0.000370. The fourth-order valence-corrected chi connectivity index (χ4v) is 4.03. The number of rotatable bonds is 3. The lowest BCUT2D eigenvalue weighted by Gasteiger charge is -2.26. The van der Waals surface area contributed by atoms with Crippen molar-refractivity contribution < 1.29 is 13.2 Å². The summed E-state index contributed by atoms with van der Waals surface area (Å²) in [5, 5.41) is 1.37. The average molecular weight is 273 g/mol. The fourth-order valence-electron chi connectivity index (χ4n) is 2.32. The van der Waals surface area contributed by atoms with Crippen molar-refractivity contribution in [1.29, 1.82) is 0 Å². The third-order valence-electron chi connectivity index (χ3n) is 3.29. The predicted molar refractivity (Wildman–Crippen MR) is 67.0 cm³/mol. The number of nitrogens with zero attached hydrogens (tertiary/aromatic N) is 1. The Morgan fingerprint density at radius 2 is 2.24 bits per heavy atom. The second kappa shape index (κ2) is 4.86. The first-order valence-corrected chi connectivity index (χ1v) is 8.49. The van der Waals surface area contributed by atoms with Gasteiger partial charge < -0.3 is 0 Å². The molecule has 1 saturated carbocycles. The van der Waals surface area contributed by atoms with Crippen molar-refractivity contribution in [2.45, 2.75) is 30.9 Å². The normalized spacial score (nSPS) is 25.7. The topological polar surface area (TPSA) is 64.1 Å². The maximum atomic E-state index is 12.1. The molecule has 0 aromatic carbocycles. The minimum Gasteiger partial charge on any atom is -0.292 e. The Balaban J connectivity index is 2.10. The van der Waals surface area contributed by atoms with Crippen LogP contribution in [0, 0.1) is 5.92 Å². The quantitative estimate of drug-likeness (QED) is 0.789. The van der Waals surface area contributed by atoms with E-state index in [4.69, 9.17) is 0 Å². The molecule has 6 heteroatoms. The Kier molecular flexibility index (Phi) is 3.63. The summed E-state index contributed by atoms with van der Waals surface area (Å²) in [6, 6.07) is 0. The molecule has 2 unspecified atom stereocenters. The Bertz CT molecular complexity index is 493. The molecular formula is C11H15NO3S2. The monoisotopic (exact) mass is 273 g/mol. The SMILES string of the molecule is CS(=O)(=O)C1CCCC(C(=O)c2cscn2)C1. The van der Waals surface area contributed by atoms with Crippen LogP contribution >= 0.6 is 11.3 Å². The highest BCUT2D eigenvalue weighted by Gasteiger charge is 2.33. The van der Waals surface area contributed by atoms with Crippen LogP contribution in [0.1, 0.15) is 36.2 Å². The van der Waals surface area contributed by atoms with Gasteiger partial charge in [0.05, 0.1) is 10.8 Å². The predicted octanol–water partition coefficient (Wildman–Crippen LogP) is 1.93. The zero-order valence-corrected chi connectivity index (χ0v) is 11.3. The van der Waals surface area contributed by atoms with E-state index >= 15 is 0 Å². The second-order valence-corrected chi connectivity index (χ2v) is 7.60. The van der Waals surface area contributed by atoms with Gasteiger partial charge in [0.25, 0.3) is 0 Å². The molecule has 0 aliphatic heterocycles. The van der Waals surface area contributed by atoms with Crippen LogP contribution in [0.15, 0.2) is 10.9 Å². The molecule has 0 amide bonds. The van der Waals surface area contributed by atoms with E-state index in [-0.39, 0.29) is 17.0 Å². The highest BCUT2D eigenvalue weighted by Crippen LogP contribution is 2.30. The van der Waals surface area contributed by atoms with Crippen molar-refractivity contribution >= 4 is 27.0 Å². The van der Waals surface area contributed by atoms with E-state index in [0.29, 0.717) is 18.5 Å². The summed E-state index contributed by atoms with van der Waals surface area (Å²) in [7, 11) is -3.03. The molecule has 0 radical (unpaired) electrons. The molecular weight excluding hydrogens is 258 g/mol. The van der Waals surface area contributed by atoms with Crippen molar-refractivity contribution in [1.82, 2.24) is 4.98 Å². The summed E-state index contributed by atoms with van der Waals surface area (Å²) in [5.74, 6) is -0.176. The third kappa shape index (κ3) is 2.93. The number of Topliss-reactive ketones (excluding diaryl/α,β-unsaturated/α-hetero) is 1. The average Bonchev–Trinajstić information content (AvgIpc) is 2.80. The number of hydrogen-bond donors (Lipinski definition) is 0. The summed E-state index contributed by atoms with van der Waals surface area (Å²) >= 11 is 1.39. The highest BCUT2D eigenvalue weighted by atomic mass is 32.2. The van der Waals surface area contributed by atoms with Crippen LogP contribution in [0.3, 0.4) is 0 Å². The molecule has 94 valence electrons. The van der Waals surface area contributed by atoms with Crippen LogP contribution < -0.4 is 0 Å². The van der Waals surface area contributed by atoms with Crippen LogP contribution in [0.25, 0.3) is 0 Å². The first kappa shape index (κ1) is 12.7. The molecule has 1 fully saturated rings. The van der Waals surface area contributed by atoms with Gasteiger partial charge in [0.2, 0.25) is 0 Å². The van der Waals surface area contributed by atoms with Gasteiger partial charge in [-0.3, -0.25) is 4.79 Å². The van der Waals surface area contributed by atoms with Crippen LogP contribution in [-0.2, 0) is 9.84 Å². The van der Waals surface area contributed by atoms with Gasteiger partial charge in [-0.2, -0.15) is 0 Å². The first-order chi connectivity index (χ1) is 7.98. The van der Waals surface area contributed by atoms with Crippen molar-refractivity contribution in [3.8, 4) is 0 Å². The van der Waals surface area contributed by atoms with Crippen LogP contribution in [0.5, 0.6) is 0 Å². The standard InChI is InChI=1S/C11H15NO3S2/c1-17(14,15)9-4-2-3-8(5-9)11(13)10-6-16-7-12-10/h6-9H,2-5H2,1H3. The molecule has 1 heterocycles. The van der Waals surface area contributed by atoms with E-state index in [1.807, 2.05) is 0 Å². The van der Waals surface area contributed by atoms with E-state index in [1.165, 1.54) is 17.6 Å². The number of carbonyl (C=O) groups is 1. The molecule has 1 aromatic heterocycles. The van der Waals surface area contributed by atoms with Gasteiger partial charge in [-0.15, -0.1) is 11.3 Å². The fraction of sp³-hybridized carbons (Fsp3) is 0.636. The highest BCUT2D eigenvalue weighted by molar-refractivity contribution is 7.91. The number of hydrogen-bond acceptors (Lipinski definition) is 5. The van der Waals surface area contributed by atoms with E-state index in [9.17, 15) is 13.2 Å². The van der Waals surface area contributed by atoms with Gasteiger partial charge >= 0.3 is 0 Å². The Morgan fingerprint density at radius 1 is 1.47 bits per heavy atom. The molecule has 1 aliphatic carbocycles. The van der Waals surface area contributed by atoms with E-state index in [1.54, 1.807) is 10.9 Å². The first-order valence-electron chi connectivity index (χ1n) is 5.59. The van der Waals surface area contributed by atoms with Gasteiger partial charge in [-0.25, -0.2) is 13.4 Å². The van der Waals surface area contributed by atoms with Gasteiger partial charge in [-0.1, -0.05) is 6.42 Å². The van der Waals surface area contributed by atoms with Crippen LogP contribution in [-0.4, -0.2) is 30.7 Å². The largest absolute Gasteiger partial charge is 0.292 e. The molecule has 1 aromatic rings. The van der Waals surface area contributed by atoms with Crippen LogP contribution in [0.2, 0.25) is 0 Å². The summed E-state index contributed by atoms with van der Waals surface area (Å²) in [6.45, 7) is 0. The van der Waals surface area contributed by atoms with E-state index < -0.39 is 9.84 Å². The molecule has 4 nitrogen and oxygen atoms in total. The lowest BCUT2D eigenvalue weighted by Crippen LogP contribution is -2.31. The summed E-state index contributed by atoms with van der Waals surface area (Å²) in [4.78, 5) is 16.1. The van der Waals surface area contributed by atoms with Gasteiger partial charge in [0, 0.05) is 17.6 Å². The van der Waals surface area contributed by atoms with Crippen molar-refractivity contribution in [3.05, 3.63) is 16.6 Å². The molecule has 0 spiro atoms. The second-order valence-electron chi connectivity index (χ2n) is 4.55. The number of thiazole rings is 1. The maximum absolute atomic E-state index is 12.1. The number of aromatic nitrogens is 1. The minimum atomic E-state index is -3.03. The maximum Gasteiger partial charge on any atom is 0.185 e. The third-order valence-corrected chi connectivity index (χ3v) is 5.51.